The molecule has 1 aromatic carbocycles. The Kier molecular flexibility index (Phi) is 6.41. The molecule has 0 unspecified atom stereocenters. The lowest BCUT2D eigenvalue weighted by Gasteiger charge is -2.09. The van der Waals surface area contributed by atoms with Gasteiger partial charge in [0.1, 0.15) is 16.5 Å². The molecule has 0 spiro atoms. The summed E-state index contributed by atoms with van der Waals surface area (Å²) in [7, 11) is 0. The Bertz CT molecular complexity index is 1150. The standard InChI is InChI=1S/C20H14Cl2FN3O3/c1-2-29-20(28)14(17(27)13-9-15(23)19(22)26-18(13)21)10-25-12-5-6-16-11(8-12)4-3-7-24-16/h3-10,27H,2H2,1H3/b17-14+,25-10?. The van der Waals surface area contributed by atoms with Crippen molar-refractivity contribution in [1.29, 1.82) is 0 Å². The Labute approximate surface area is 175 Å². The van der Waals surface area contributed by atoms with Gasteiger partial charge in [-0.2, -0.15) is 0 Å². The molecule has 29 heavy (non-hydrogen) atoms. The number of fused-ring (bicyclic) bond motifs is 1. The Balaban J connectivity index is 2.06. The minimum Gasteiger partial charge on any atom is -0.506 e. The van der Waals surface area contributed by atoms with Gasteiger partial charge in [0.05, 0.1) is 23.4 Å². The summed E-state index contributed by atoms with van der Waals surface area (Å²) in [6.45, 7) is 1.67. The van der Waals surface area contributed by atoms with Crippen LogP contribution in [0.15, 0.2) is 53.2 Å². The summed E-state index contributed by atoms with van der Waals surface area (Å²) in [5, 5.41) is 10.7. The number of ether oxygens (including phenoxy) is 1. The van der Waals surface area contributed by atoms with Gasteiger partial charge >= 0.3 is 5.97 Å². The lowest BCUT2D eigenvalue weighted by molar-refractivity contribution is -0.137. The van der Waals surface area contributed by atoms with Crippen molar-refractivity contribution in [1.82, 2.24) is 9.97 Å². The SMILES string of the molecule is CCOC(=O)/C(C=Nc1ccc2ncccc2c1)=C(/O)c1cc(F)c(Cl)nc1Cl. The van der Waals surface area contributed by atoms with Crippen molar-refractivity contribution in [2.75, 3.05) is 6.61 Å². The van der Waals surface area contributed by atoms with Crippen LogP contribution in [0.5, 0.6) is 0 Å². The molecule has 0 aliphatic rings. The van der Waals surface area contributed by atoms with Crippen molar-refractivity contribution in [2.24, 2.45) is 4.99 Å². The lowest BCUT2D eigenvalue weighted by Crippen LogP contribution is -2.11. The van der Waals surface area contributed by atoms with Crippen LogP contribution in [0.25, 0.3) is 16.7 Å². The Morgan fingerprint density at radius 2 is 2.07 bits per heavy atom. The van der Waals surface area contributed by atoms with E-state index in [4.69, 9.17) is 27.9 Å². The molecule has 2 heterocycles. The number of nitrogens with zero attached hydrogens (tertiary/aromatic N) is 3. The van der Waals surface area contributed by atoms with E-state index in [1.54, 1.807) is 37.4 Å². The molecule has 0 bridgehead atoms. The first-order chi connectivity index (χ1) is 13.9. The molecular weight excluding hydrogens is 420 g/mol. The highest BCUT2D eigenvalue weighted by Crippen LogP contribution is 2.27. The Hall–Kier alpha value is -3.03. The molecule has 3 aromatic rings. The second-order valence-corrected chi connectivity index (χ2v) is 6.44. The van der Waals surface area contributed by atoms with Crippen molar-refractivity contribution in [3.63, 3.8) is 0 Å². The van der Waals surface area contributed by atoms with Gasteiger partial charge in [0.2, 0.25) is 0 Å². The lowest BCUT2D eigenvalue weighted by atomic mass is 10.1. The van der Waals surface area contributed by atoms with Gasteiger partial charge in [-0.05, 0) is 37.3 Å². The fraction of sp³-hybridized carbons (Fsp3) is 0.100. The van der Waals surface area contributed by atoms with Gasteiger partial charge < -0.3 is 9.84 Å². The van der Waals surface area contributed by atoms with E-state index in [-0.39, 0.29) is 22.9 Å². The number of benzene rings is 1. The fourth-order valence-corrected chi connectivity index (χ4v) is 2.87. The number of halogens is 3. The molecule has 0 atom stereocenters. The molecule has 0 aliphatic heterocycles. The molecule has 6 nitrogen and oxygen atoms in total. The van der Waals surface area contributed by atoms with Gasteiger partial charge in [-0.1, -0.05) is 29.3 Å². The fourth-order valence-electron chi connectivity index (χ4n) is 2.46. The molecule has 9 heteroatoms. The second kappa shape index (κ2) is 8.98. The molecule has 0 aliphatic carbocycles. The summed E-state index contributed by atoms with van der Waals surface area (Å²) in [6.07, 6.45) is 2.79. The normalized spacial score (nSPS) is 12.3. The summed E-state index contributed by atoms with van der Waals surface area (Å²) in [4.78, 5) is 24.4. The van der Waals surface area contributed by atoms with E-state index >= 15 is 0 Å². The third-order valence-corrected chi connectivity index (χ3v) is 4.37. The summed E-state index contributed by atoms with van der Waals surface area (Å²) < 4.78 is 18.7. The maximum absolute atomic E-state index is 13.8. The van der Waals surface area contributed by atoms with Crippen LogP contribution < -0.4 is 0 Å². The number of carbonyl (C=O) groups excluding carboxylic acids is 1. The average molecular weight is 434 g/mol. The van der Waals surface area contributed by atoms with Gasteiger partial charge in [0.15, 0.2) is 11.0 Å². The van der Waals surface area contributed by atoms with Crippen molar-refractivity contribution >= 4 is 57.7 Å². The zero-order valence-electron chi connectivity index (χ0n) is 15.1. The number of aromatic nitrogens is 2. The summed E-state index contributed by atoms with van der Waals surface area (Å²) in [6, 6.07) is 9.75. The smallest absolute Gasteiger partial charge is 0.343 e. The molecular formula is C20H14Cl2FN3O3. The van der Waals surface area contributed by atoms with Gasteiger partial charge in [0, 0.05) is 17.8 Å². The molecule has 3 rings (SSSR count). The summed E-state index contributed by atoms with van der Waals surface area (Å²) >= 11 is 11.5. The number of aliphatic hydroxyl groups excluding tert-OH is 1. The highest BCUT2D eigenvalue weighted by Gasteiger charge is 2.20. The number of hydrogen-bond donors (Lipinski definition) is 1. The quantitative estimate of drug-likeness (QED) is 0.193. The molecule has 0 saturated heterocycles. The van der Waals surface area contributed by atoms with E-state index in [1.807, 2.05) is 6.07 Å². The van der Waals surface area contributed by atoms with Crippen LogP contribution >= 0.6 is 23.2 Å². The molecule has 0 fully saturated rings. The topological polar surface area (TPSA) is 84.7 Å². The highest BCUT2D eigenvalue weighted by atomic mass is 35.5. The maximum atomic E-state index is 13.8. The van der Waals surface area contributed by atoms with Crippen molar-refractivity contribution in [3.05, 3.63) is 69.9 Å². The van der Waals surface area contributed by atoms with Crippen LogP contribution in [0, 0.1) is 5.82 Å². The molecule has 0 amide bonds. The Morgan fingerprint density at radius 1 is 1.28 bits per heavy atom. The minimum absolute atomic E-state index is 0.0616. The van der Waals surface area contributed by atoms with E-state index in [2.05, 4.69) is 15.0 Å². The van der Waals surface area contributed by atoms with Gasteiger partial charge in [-0.25, -0.2) is 14.2 Å². The van der Waals surface area contributed by atoms with E-state index < -0.39 is 22.7 Å². The predicted octanol–water partition coefficient (Wildman–Crippen LogP) is 5.31. The molecule has 0 saturated carbocycles. The van der Waals surface area contributed by atoms with Crippen LogP contribution in [0.2, 0.25) is 10.3 Å². The molecule has 2 aromatic heterocycles. The van der Waals surface area contributed by atoms with Gasteiger partial charge in [0.25, 0.3) is 0 Å². The van der Waals surface area contributed by atoms with Crippen molar-refractivity contribution in [2.45, 2.75) is 6.92 Å². The first-order valence-corrected chi connectivity index (χ1v) is 9.17. The summed E-state index contributed by atoms with van der Waals surface area (Å²) in [5.41, 5.74) is 0.755. The third-order valence-electron chi connectivity index (χ3n) is 3.82. The monoisotopic (exact) mass is 433 g/mol. The number of aliphatic hydroxyl groups is 1. The van der Waals surface area contributed by atoms with Crippen molar-refractivity contribution < 1.29 is 19.0 Å². The van der Waals surface area contributed by atoms with E-state index in [0.29, 0.717) is 5.69 Å². The third kappa shape index (κ3) is 4.70. The molecule has 1 N–H and O–H groups in total. The predicted molar refractivity (Wildman–Crippen MR) is 110 cm³/mol. The number of pyridine rings is 2. The number of hydrogen-bond acceptors (Lipinski definition) is 6. The zero-order valence-corrected chi connectivity index (χ0v) is 16.6. The van der Waals surface area contributed by atoms with Crippen LogP contribution in [0.4, 0.5) is 10.1 Å². The van der Waals surface area contributed by atoms with Gasteiger partial charge in [-0.3, -0.25) is 9.98 Å². The highest BCUT2D eigenvalue weighted by molar-refractivity contribution is 6.34. The first-order valence-electron chi connectivity index (χ1n) is 8.41. The largest absolute Gasteiger partial charge is 0.506 e. The minimum atomic E-state index is -0.903. The maximum Gasteiger partial charge on any atom is 0.343 e. The first kappa shape index (κ1) is 20.7. The average Bonchev–Trinajstić information content (AvgIpc) is 2.70. The van der Waals surface area contributed by atoms with Crippen LogP contribution in [-0.4, -0.2) is 33.9 Å². The van der Waals surface area contributed by atoms with Crippen LogP contribution in [0.3, 0.4) is 0 Å². The molecule has 0 radical (unpaired) electrons. The second-order valence-electron chi connectivity index (χ2n) is 5.72. The van der Waals surface area contributed by atoms with E-state index in [9.17, 15) is 14.3 Å². The van der Waals surface area contributed by atoms with Crippen LogP contribution in [-0.2, 0) is 9.53 Å². The number of rotatable bonds is 5. The summed E-state index contributed by atoms with van der Waals surface area (Å²) in [5.74, 6) is -2.40. The number of esters is 1. The number of carbonyl (C=O) groups is 1. The molecule has 148 valence electrons. The van der Waals surface area contributed by atoms with Crippen LogP contribution in [0.1, 0.15) is 12.5 Å². The van der Waals surface area contributed by atoms with Crippen molar-refractivity contribution in [3.8, 4) is 0 Å². The zero-order chi connectivity index (χ0) is 21.0. The number of aliphatic imine (C=N–C) groups is 1. The Morgan fingerprint density at radius 3 is 2.83 bits per heavy atom. The van der Waals surface area contributed by atoms with E-state index in [1.165, 1.54) is 0 Å². The van der Waals surface area contributed by atoms with E-state index in [0.717, 1.165) is 23.2 Å². The van der Waals surface area contributed by atoms with Gasteiger partial charge in [-0.15, -0.1) is 0 Å².